The maximum absolute atomic E-state index is 13.7. The lowest BCUT2D eigenvalue weighted by molar-refractivity contribution is -0.158. The van der Waals surface area contributed by atoms with Gasteiger partial charge in [-0.05, 0) is 41.3 Å². The van der Waals surface area contributed by atoms with Crippen LogP contribution in [-0.4, -0.2) is 45.7 Å². The molecule has 1 aromatic heterocycles. The van der Waals surface area contributed by atoms with Gasteiger partial charge in [-0.2, -0.15) is 0 Å². The van der Waals surface area contributed by atoms with Gasteiger partial charge in [-0.1, -0.05) is 60.7 Å². The minimum absolute atomic E-state index is 0.0291. The highest BCUT2D eigenvalue weighted by Crippen LogP contribution is 2.42. The van der Waals surface area contributed by atoms with Crippen molar-refractivity contribution in [3.8, 4) is 0 Å². The van der Waals surface area contributed by atoms with Crippen molar-refractivity contribution < 1.29 is 14.0 Å². The van der Waals surface area contributed by atoms with E-state index in [0.29, 0.717) is 19.4 Å². The fraction of sp³-hybridized carbons (Fsp3) is 0.214. The summed E-state index contributed by atoms with van der Waals surface area (Å²) in [5.74, 6) is -0.368. The number of carbonyl (C=O) groups excluding carboxylic acids is 2. The predicted molar refractivity (Wildman–Crippen MR) is 128 cm³/mol. The van der Waals surface area contributed by atoms with E-state index in [0.717, 1.165) is 33.3 Å². The lowest BCUT2D eigenvalue weighted by atomic mass is 9.86. The number of H-pyrrole nitrogens is 1. The first-order valence-electron chi connectivity index (χ1n) is 11.6. The molecule has 0 radical (unpaired) electrons. The number of halogens is 1. The highest BCUT2D eigenvalue weighted by atomic mass is 19.1. The van der Waals surface area contributed by atoms with Crippen LogP contribution in [0.4, 0.5) is 4.39 Å². The minimum atomic E-state index is -0.550. The van der Waals surface area contributed by atoms with Crippen molar-refractivity contribution in [1.82, 2.24) is 14.8 Å². The van der Waals surface area contributed by atoms with Gasteiger partial charge < -0.3 is 14.8 Å². The number of para-hydroxylation sites is 1. The van der Waals surface area contributed by atoms with Crippen LogP contribution >= 0.6 is 0 Å². The average molecular weight is 454 g/mol. The molecule has 0 saturated carbocycles. The Labute approximate surface area is 196 Å². The van der Waals surface area contributed by atoms with Crippen LogP contribution < -0.4 is 0 Å². The smallest absolute Gasteiger partial charge is 0.246 e. The van der Waals surface area contributed by atoms with Crippen molar-refractivity contribution in [2.75, 3.05) is 13.1 Å². The fourth-order valence-electron chi connectivity index (χ4n) is 5.41. The molecular formula is C28H24FN3O2. The molecule has 5 nitrogen and oxygen atoms in total. The normalized spacial score (nSPS) is 19.9. The molecule has 34 heavy (non-hydrogen) atoms. The maximum atomic E-state index is 13.7. The van der Waals surface area contributed by atoms with Crippen LogP contribution in [0.5, 0.6) is 0 Å². The van der Waals surface area contributed by atoms with E-state index >= 15 is 0 Å². The summed E-state index contributed by atoms with van der Waals surface area (Å²) >= 11 is 0. The van der Waals surface area contributed by atoms with E-state index in [1.165, 1.54) is 12.1 Å². The van der Waals surface area contributed by atoms with Crippen LogP contribution in [0, 0.1) is 5.82 Å². The average Bonchev–Trinajstić information content (AvgIpc) is 3.24. The zero-order chi connectivity index (χ0) is 23.2. The Morgan fingerprint density at radius 3 is 2.44 bits per heavy atom. The van der Waals surface area contributed by atoms with Crippen molar-refractivity contribution in [1.29, 1.82) is 0 Å². The molecule has 4 aromatic rings. The van der Waals surface area contributed by atoms with E-state index in [9.17, 15) is 14.0 Å². The number of hydrogen-bond acceptors (Lipinski definition) is 2. The summed E-state index contributed by atoms with van der Waals surface area (Å²) in [6.45, 7) is 0.479. The third-order valence-electron chi connectivity index (χ3n) is 7.04. The number of piperazine rings is 1. The van der Waals surface area contributed by atoms with Gasteiger partial charge in [0, 0.05) is 29.6 Å². The molecule has 2 amide bonds. The molecule has 1 fully saturated rings. The summed E-state index contributed by atoms with van der Waals surface area (Å²) in [6, 6.07) is 23.4. The largest absolute Gasteiger partial charge is 0.356 e. The van der Waals surface area contributed by atoms with Gasteiger partial charge in [0.05, 0.1) is 12.6 Å². The van der Waals surface area contributed by atoms with Crippen LogP contribution in [0.25, 0.3) is 10.9 Å². The molecule has 2 aliphatic rings. The lowest BCUT2D eigenvalue weighted by Crippen LogP contribution is -2.63. The Balaban J connectivity index is 1.37. The maximum Gasteiger partial charge on any atom is 0.246 e. The molecule has 0 aliphatic carbocycles. The number of hydrogen-bond donors (Lipinski definition) is 1. The van der Waals surface area contributed by atoms with Gasteiger partial charge in [-0.3, -0.25) is 9.59 Å². The van der Waals surface area contributed by atoms with Gasteiger partial charge in [0.2, 0.25) is 11.8 Å². The van der Waals surface area contributed by atoms with E-state index in [1.54, 1.807) is 21.9 Å². The second-order valence-corrected chi connectivity index (χ2v) is 9.03. The summed E-state index contributed by atoms with van der Waals surface area (Å²) < 4.78 is 13.2. The summed E-state index contributed by atoms with van der Waals surface area (Å²) in [4.78, 5) is 34.2. The number of carbonyl (C=O) groups is 2. The van der Waals surface area contributed by atoms with Crippen LogP contribution in [0.1, 0.15) is 28.4 Å². The topological polar surface area (TPSA) is 56.4 Å². The van der Waals surface area contributed by atoms with Crippen molar-refractivity contribution >= 4 is 22.7 Å². The minimum Gasteiger partial charge on any atom is -0.356 e. The Kier molecular flexibility index (Phi) is 4.94. The highest BCUT2D eigenvalue weighted by Gasteiger charge is 2.48. The van der Waals surface area contributed by atoms with Crippen molar-refractivity contribution in [2.45, 2.75) is 24.9 Å². The Morgan fingerprint density at radius 1 is 0.912 bits per heavy atom. The summed E-state index contributed by atoms with van der Waals surface area (Å²) in [5, 5.41) is 1.10. The summed E-state index contributed by atoms with van der Waals surface area (Å²) in [6.07, 6.45) is 1.06. The number of aromatic nitrogens is 1. The SMILES string of the molecule is O=C1[C@@H]2Cc3c([nH]c4ccccc34)[C@@H](c3ccccc3)N2C(=O)CN1CCc1ccc(F)cc1. The Morgan fingerprint density at radius 2 is 1.65 bits per heavy atom. The first kappa shape index (κ1) is 20.7. The number of fused-ring (bicyclic) bond motifs is 4. The molecule has 1 saturated heterocycles. The first-order valence-corrected chi connectivity index (χ1v) is 11.6. The van der Waals surface area contributed by atoms with Gasteiger partial charge in [-0.15, -0.1) is 0 Å². The van der Waals surface area contributed by atoms with Crippen LogP contribution in [-0.2, 0) is 22.4 Å². The molecular weight excluding hydrogens is 429 g/mol. The third kappa shape index (κ3) is 3.37. The number of nitrogens with one attached hydrogen (secondary N) is 1. The lowest BCUT2D eigenvalue weighted by Gasteiger charge is -2.47. The standard InChI is InChI=1S/C28H24FN3O2/c29-20-12-10-18(11-13-20)14-15-31-17-25(33)32-24(28(31)34)16-22-21-8-4-5-9-23(21)30-26(22)27(32)19-6-2-1-3-7-19/h1-13,24,27,30H,14-17H2/t24-,27+/m0/s1. The molecule has 3 heterocycles. The Bertz CT molecular complexity index is 1380. The van der Waals surface area contributed by atoms with E-state index in [4.69, 9.17) is 0 Å². The predicted octanol–water partition coefficient (Wildman–Crippen LogP) is 4.23. The fourth-order valence-corrected chi connectivity index (χ4v) is 5.41. The van der Waals surface area contributed by atoms with E-state index in [2.05, 4.69) is 11.1 Å². The number of benzene rings is 3. The molecule has 2 atom stereocenters. The van der Waals surface area contributed by atoms with Crippen LogP contribution in [0.2, 0.25) is 0 Å². The van der Waals surface area contributed by atoms with Gasteiger partial charge >= 0.3 is 0 Å². The molecule has 0 unspecified atom stereocenters. The van der Waals surface area contributed by atoms with Gasteiger partial charge in [0.15, 0.2) is 0 Å². The second-order valence-electron chi connectivity index (χ2n) is 9.03. The Hall–Kier alpha value is -3.93. The second kappa shape index (κ2) is 8.13. The molecule has 2 aliphatic heterocycles. The summed E-state index contributed by atoms with van der Waals surface area (Å²) in [5.41, 5.74) is 5.04. The number of nitrogens with zero attached hydrogens (tertiary/aromatic N) is 2. The number of aromatic amines is 1. The quantitative estimate of drug-likeness (QED) is 0.503. The highest BCUT2D eigenvalue weighted by molar-refractivity contribution is 5.97. The van der Waals surface area contributed by atoms with Crippen LogP contribution in [0.15, 0.2) is 78.9 Å². The van der Waals surface area contributed by atoms with Gasteiger partial charge in [0.25, 0.3) is 0 Å². The molecule has 170 valence electrons. The van der Waals surface area contributed by atoms with Crippen molar-refractivity contribution in [2.24, 2.45) is 0 Å². The monoisotopic (exact) mass is 453 g/mol. The van der Waals surface area contributed by atoms with Gasteiger partial charge in [-0.25, -0.2) is 4.39 Å². The summed E-state index contributed by atoms with van der Waals surface area (Å²) in [7, 11) is 0. The zero-order valence-electron chi connectivity index (χ0n) is 18.6. The molecule has 6 rings (SSSR count). The van der Waals surface area contributed by atoms with E-state index < -0.39 is 6.04 Å². The van der Waals surface area contributed by atoms with Crippen molar-refractivity contribution in [3.05, 3.63) is 107 Å². The molecule has 3 aromatic carbocycles. The third-order valence-corrected chi connectivity index (χ3v) is 7.04. The van der Waals surface area contributed by atoms with Crippen molar-refractivity contribution in [3.63, 3.8) is 0 Å². The first-order chi connectivity index (χ1) is 16.6. The molecule has 6 heteroatoms. The molecule has 1 N–H and O–H groups in total. The van der Waals surface area contributed by atoms with E-state index in [-0.39, 0.29) is 30.2 Å². The molecule has 0 spiro atoms. The zero-order valence-corrected chi connectivity index (χ0v) is 18.6. The molecule has 0 bridgehead atoms. The number of rotatable bonds is 4. The van der Waals surface area contributed by atoms with Gasteiger partial charge in [0.1, 0.15) is 11.9 Å². The van der Waals surface area contributed by atoms with Crippen LogP contribution in [0.3, 0.4) is 0 Å². The number of amides is 2. The van der Waals surface area contributed by atoms with E-state index in [1.807, 2.05) is 48.5 Å².